The molecule has 2 nitrogen and oxygen atoms in total. The molecule has 0 unspecified atom stereocenters. The molecule has 2 heteroatoms. The van der Waals surface area contributed by atoms with Crippen LogP contribution in [0.2, 0.25) is 0 Å². The average molecular weight is 625 g/mol. The molecule has 1 aliphatic rings. The lowest BCUT2D eigenvalue weighted by Gasteiger charge is -2.34. The highest BCUT2D eigenvalue weighted by atomic mass is 15.2. The molecule has 1 aromatic heterocycles. The minimum Gasteiger partial charge on any atom is -0.309 e. The molecule has 10 rings (SSSR count). The van der Waals surface area contributed by atoms with Gasteiger partial charge in [-0.15, -0.1) is 0 Å². The van der Waals surface area contributed by atoms with Crippen molar-refractivity contribution in [2.24, 2.45) is 0 Å². The fraction of sp³-hybridized carbons (Fsp3) is 0.0213. The SMILES string of the molecule is c1ccc(-c2ccc3c(c2)c2ccccc2n3-c2ccc(-c3ccc4c(c3)Cc3ccccc3N4c3cccc4ccccc34)cc2)cc1. The Bertz CT molecular complexity index is 2680. The molecule has 0 saturated carbocycles. The van der Waals surface area contributed by atoms with Crippen LogP contribution in [0.1, 0.15) is 11.1 Å². The molecule has 0 N–H and O–H groups in total. The summed E-state index contributed by atoms with van der Waals surface area (Å²) in [6.07, 6.45) is 0.908. The molecule has 2 heterocycles. The zero-order chi connectivity index (χ0) is 32.3. The summed E-state index contributed by atoms with van der Waals surface area (Å²) in [7, 11) is 0. The Hall–Kier alpha value is -6.38. The molecule has 9 aromatic rings. The lowest BCUT2D eigenvalue weighted by Crippen LogP contribution is -2.18. The molecule has 0 saturated heterocycles. The van der Waals surface area contributed by atoms with Gasteiger partial charge in [-0.25, -0.2) is 0 Å². The topological polar surface area (TPSA) is 8.17 Å². The molecule has 0 bridgehead atoms. The molecular formula is C47H32N2. The van der Waals surface area contributed by atoms with Gasteiger partial charge in [0.15, 0.2) is 0 Å². The van der Waals surface area contributed by atoms with E-state index < -0.39 is 0 Å². The maximum absolute atomic E-state index is 2.45. The predicted molar refractivity (Wildman–Crippen MR) is 207 cm³/mol. The van der Waals surface area contributed by atoms with Crippen LogP contribution in [0.25, 0.3) is 60.5 Å². The maximum Gasteiger partial charge on any atom is 0.0541 e. The average Bonchev–Trinajstić information content (AvgIpc) is 3.51. The maximum atomic E-state index is 2.45. The fourth-order valence-corrected chi connectivity index (χ4v) is 7.87. The van der Waals surface area contributed by atoms with Crippen molar-refractivity contribution in [3.05, 3.63) is 193 Å². The second-order valence-corrected chi connectivity index (χ2v) is 13.0. The van der Waals surface area contributed by atoms with Crippen LogP contribution < -0.4 is 4.90 Å². The van der Waals surface area contributed by atoms with E-state index in [1.165, 1.54) is 83.0 Å². The highest BCUT2D eigenvalue weighted by molar-refractivity contribution is 6.10. The fourth-order valence-electron chi connectivity index (χ4n) is 7.87. The number of rotatable bonds is 4. The third-order valence-electron chi connectivity index (χ3n) is 10.2. The molecule has 0 radical (unpaired) electrons. The monoisotopic (exact) mass is 624 g/mol. The number of benzene rings is 8. The van der Waals surface area contributed by atoms with Gasteiger partial charge in [0.1, 0.15) is 0 Å². The largest absolute Gasteiger partial charge is 0.309 e. The van der Waals surface area contributed by atoms with Crippen molar-refractivity contribution in [3.63, 3.8) is 0 Å². The number of fused-ring (bicyclic) bond motifs is 6. The quantitative estimate of drug-likeness (QED) is 0.189. The third kappa shape index (κ3) is 4.49. The van der Waals surface area contributed by atoms with Crippen LogP contribution in [0.3, 0.4) is 0 Å². The van der Waals surface area contributed by atoms with Crippen LogP contribution in [0.4, 0.5) is 17.1 Å². The molecule has 8 aromatic carbocycles. The van der Waals surface area contributed by atoms with Gasteiger partial charge < -0.3 is 9.47 Å². The van der Waals surface area contributed by atoms with Crippen LogP contribution in [0, 0.1) is 0 Å². The number of anilines is 3. The van der Waals surface area contributed by atoms with Crippen LogP contribution >= 0.6 is 0 Å². The second-order valence-electron chi connectivity index (χ2n) is 13.0. The number of para-hydroxylation sites is 2. The highest BCUT2D eigenvalue weighted by Gasteiger charge is 2.25. The lowest BCUT2D eigenvalue weighted by atomic mass is 9.91. The molecular weight excluding hydrogens is 593 g/mol. The van der Waals surface area contributed by atoms with E-state index in [4.69, 9.17) is 0 Å². The molecule has 0 amide bonds. The normalized spacial score (nSPS) is 12.4. The van der Waals surface area contributed by atoms with Gasteiger partial charge in [-0.1, -0.05) is 127 Å². The Morgan fingerprint density at radius 1 is 0.347 bits per heavy atom. The van der Waals surface area contributed by atoms with Crippen molar-refractivity contribution in [1.82, 2.24) is 4.57 Å². The Morgan fingerprint density at radius 3 is 1.86 bits per heavy atom. The minimum absolute atomic E-state index is 0.908. The molecule has 0 fully saturated rings. The van der Waals surface area contributed by atoms with Gasteiger partial charge in [-0.05, 0) is 93.4 Å². The van der Waals surface area contributed by atoms with E-state index >= 15 is 0 Å². The summed E-state index contributed by atoms with van der Waals surface area (Å²) in [6.45, 7) is 0. The van der Waals surface area contributed by atoms with Gasteiger partial charge >= 0.3 is 0 Å². The lowest BCUT2D eigenvalue weighted by molar-refractivity contribution is 1.09. The van der Waals surface area contributed by atoms with E-state index in [1.807, 2.05) is 0 Å². The summed E-state index contributed by atoms with van der Waals surface area (Å²) in [6, 6.07) is 66.4. The summed E-state index contributed by atoms with van der Waals surface area (Å²) in [4.78, 5) is 2.45. The van der Waals surface area contributed by atoms with Crippen LogP contribution in [-0.4, -0.2) is 4.57 Å². The zero-order valence-electron chi connectivity index (χ0n) is 26.9. The smallest absolute Gasteiger partial charge is 0.0541 e. The van der Waals surface area contributed by atoms with Crippen molar-refractivity contribution in [2.75, 3.05) is 4.90 Å². The Labute approximate surface area is 285 Å². The van der Waals surface area contributed by atoms with Crippen LogP contribution in [0.15, 0.2) is 182 Å². The minimum atomic E-state index is 0.908. The number of nitrogens with zero attached hydrogens (tertiary/aromatic N) is 2. The van der Waals surface area contributed by atoms with E-state index in [9.17, 15) is 0 Å². The van der Waals surface area contributed by atoms with Gasteiger partial charge in [-0.2, -0.15) is 0 Å². The summed E-state index contributed by atoms with van der Waals surface area (Å²) >= 11 is 0. The zero-order valence-corrected chi connectivity index (χ0v) is 26.9. The van der Waals surface area contributed by atoms with Gasteiger partial charge in [0, 0.05) is 39.6 Å². The van der Waals surface area contributed by atoms with Gasteiger partial charge in [0.2, 0.25) is 0 Å². The predicted octanol–water partition coefficient (Wildman–Crippen LogP) is 12.6. The van der Waals surface area contributed by atoms with Gasteiger partial charge in [0.05, 0.1) is 16.7 Å². The van der Waals surface area contributed by atoms with E-state index in [1.54, 1.807) is 0 Å². The Balaban J connectivity index is 1.05. The molecule has 0 atom stereocenters. The molecule has 230 valence electrons. The van der Waals surface area contributed by atoms with Crippen LogP contribution in [0.5, 0.6) is 0 Å². The van der Waals surface area contributed by atoms with E-state index in [0.717, 1.165) is 12.1 Å². The first-order chi connectivity index (χ1) is 24.3. The van der Waals surface area contributed by atoms with E-state index in [0.29, 0.717) is 0 Å². The first-order valence-corrected chi connectivity index (χ1v) is 17.0. The number of aromatic nitrogens is 1. The highest BCUT2D eigenvalue weighted by Crippen LogP contribution is 2.47. The van der Waals surface area contributed by atoms with Crippen molar-refractivity contribution in [1.29, 1.82) is 0 Å². The molecule has 1 aliphatic heterocycles. The summed E-state index contributed by atoms with van der Waals surface area (Å²) in [5.41, 5.74) is 14.9. The van der Waals surface area contributed by atoms with Crippen molar-refractivity contribution >= 4 is 49.6 Å². The van der Waals surface area contributed by atoms with Crippen molar-refractivity contribution < 1.29 is 0 Å². The first kappa shape index (κ1) is 27.7. The van der Waals surface area contributed by atoms with Crippen molar-refractivity contribution in [2.45, 2.75) is 6.42 Å². The molecule has 49 heavy (non-hydrogen) atoms. The summed E-state index contributed by atoms with van der Waals surface area (Å²) < 4.78 is 2.40. The summed E-state index contributed by atoms with van der Waals surface area (Å²) in [5, 5.41) is 5.05. The standard InChI is InChI=1S/C47H32N2/c1-2-11-32(12-3-1)36-24-28-47-42(31-36)41-17-7-9-19-46(41)48(47)39-25-21-33(22-26-39)35-23-27-44-38(29-35)30-37-14-5-8-18-43(37)49(44)45-20-10-15-34-13-4-6-16-40(34)45/h1-29,31H,30H2. The molecule has 0 spiro atoms. The Kier molecular flexibility index (Phi) is 6.28. The summed E-state index contributed by atoms with van der Waals surface area (Å²) in [5.74, 6) is 0. The third-order valence-corrected chi connectivity index (χ3v) is 10.2. The first-order valence-electron chi connectivity index (χ1n) is 17.0. The van der Waals surface area contributed by atoms with Crippen molar-refractivity contribution in [3.8, 4) is 27.9 Å². The van der Waals surface area contributed by atoms with E-state index in [2.05, 4.69) is 191 Å². The van der Waals surface area contributed by atoms with Gasteiger partial charge in [-0.3, -0.25) is 0 Å². The molecule has 0 aliphatic carbocycles. The van der Waals surface area contributed by atoms with Gasteiger partial charge in [0.25, 0.3) is 0 Å². The van der Waals surface area contributed by atoms with E-state index in [-0.39, 0.29) is 0 Å². The Morgan fingerprint density at radius 2 is 0.959 bits per heavy atom. The number of hydrogen-bond donors (Lipinski definition) is 0. The van der Waals surface area contributed by atoms with Crippen LogP contribution in [-0.2, 0) is 6.42 Å². The number of hydrogen-bond acceptors (Lipinski definition) is 1. The second kappa shape index (κ2) is 11.1.